The molecular weight excluding hydrogens is 638 g/mol. The van der Waals surface area contributed by atoms with Crippen LogP contribution in [0.5, 0.6) is 0 Å². The lowest BCUT2D eigenvalue weighted by Crippen LogP contribution is -2.19. The summed E-state index contributed by atoms with van der Waals surface area (Å²) in [6.07, 6.45) is 4.00. The Kier molecular flexibility index (Phi) is 15.2. The summed E-state index contributed by atoms with van der Waals surface area (Å²) in [6, 6.07) is 13.5. The molecule has 0 spiro atoms. The van der Waals surface area contributed by atoms with E-state index >= 15 is 0 Å². The molecule has 0 atom stereocenters. The third-order valence-electron chi connectivity index (χ3n) is 7.60. The second-order valence-corrected chi connectivity index (χ2v) is 13.1. The number of nitrogens with one attached hydrogen (secondary N) is 5. The number of hydrogen-bond acceptors (Lipinski definition) is 5. The number of benzene rings is 3. The summed E-state index contributed by atoms with van der Waals surface area (Å²) in [7, 11) is 0. The minimum absolute atomic E-state index is 0.00437. The average molecular weight is 689 g/mol. The van der Waals surface area contributed by atoms with Gasteiger partial charge in [-0.3, -0.25) is 19.8 Å². The Balaban J connectivity index is 0.000000260. The summed E-state index contributed by atoms with van der Waals surface area (Å²) in [5, 5.41) is 22.8. The lowest BCUT2D eigenvalue weighted by Gasteiger charge is -2.13. The lowest BCUT2D eigenvalue weighted by molar-refractivity contribution is -0.119. The molecule has 0 radical (unpaired) electrons. The van der Waals surface area contributed by atoms with Crippen molar-refractivity contribution < 1.29 is 23.2 Å². The van der Waals surface area contributed by atoms with Gasteiger partial charge in [0.05, 0.1) is 5.56 Å². The van der Waals surface area contributed by atoms with E-state index in [0.717, 1.165) is 41.9 Å². The first-order chi connectivity index (χ1) is 23.3. The summed E-state index contributed by atoms with van der Waals surface area (Å²) in [5.74, 6) is -2.21. The molecule has 0 aliphatic heterocycles. The Labute approximate surface area is 294 Å². The van der Waals surface area contributed by atoms with Gasteiger partial charge in [-0.1, -0.05) is 66.2 Å². The minimum Gasteiger partial charge on any atom is -0.384 e. The van der Waals surface area contributed by atoms with Crippen LogP contribution in [0.3, 0.4) is 0 Å². The third kappa shape index (κ3) is 12.0. The highest BCUT2D eigenvalue weighted by Gasteiger charge is 2.16. The average Bonchev–Trinajstić information content (AvgIpc) is 3.40. The number of rotatable bonds is 9. The fourth-order valence-electron chi connectivity index (χ4n) is 4.61. The number of amidine groups is 1. The van der Waals surface area contributed by atoms with Crippen molar-refractivity contribution in [2.24, 2.45) is 23.5 Å². The van der Waals surface area contributed by atoms with E-state index in [0.29, 0.717) is 5.56 Å². The molecule has 3 aromatic rings. The largest absolute Gasteiger partial charge is 0.384 e. The normalized spacial score (nSPS) is 11.4. The molecule has 1 aliphatic rings. The maximum atomic E-state index is 13.5. The number of allylic oxidation sites excluding steroid dienone is 1. The highest BCUT2D eigenvalue weighted by atomic mass is 19.1. The van der Waals surface area contributed by atoms with Gasteiger partial charge in [-0.05, 0) is 85.8 Å². The summed E-state index contributed by atoms with van der Waals surface area (Å²) in [4.78, 5) is 34.5. The second-order valence-electron chi connectivity index (χ2n) is 13.1. The first-order valence-electron chi connectivity index (χ1n) is 16.6. The number of nitrogen functional groups attached to an aromatic ring is 1. The van der Waals surface area contributed by atoms with Crippen LogP contribution < -0.4 is 21.7 Å². The van der Waals surface area contributed by atoms with Crippen molar-refractivity contribution in [2.45, 2.75) is 75.2 Å². The molecule has 11 heteroatoms. The number of nitrogens with two attached hydrogens (primary N) is 1. The molecule has 0 unspecified atom stereocenters. The molecule has 50 heavy (non-hydrogen) atoms. The van der Waals surface area contributed by atoms with E-state index < -0.39 is 11.6 Å². The van der Waals surface area contributed by atoms with Gasteiger partial charge in [0.25, 0.3) is 0 Å². The molecule has 1 aliphatic carbocycles. The molecule has 4 rings (SSSR count). The summed E-state index contributed by atoms with van der Waals surface area (Å²) in [6.45, 7) is 16.3. The van der Waals surface area contributed by atoms with Crippen LogP contribution in [0.15, 0.2) is 54.1 Å². The van der Waals surface area contributed by atoms with Crippen molar-refractivity contribution in [3.63, 3.8) is 0 Å². The van der Waals surface area contributed by atoms with Gasteiger partial charge in [0.1, 0.15) is 17.5 Å². The highest BCUT2D eigenvalue weighted by molar-refractivity contribution is 5.99. The zero-order chi connectivity index (χ0) is 37.9. The number of anilines is 3. The molecule has 3 amide bonds. The van der Waals surface area contributed by atoms with Crippen LogP contribution in [0.25, 0.3) is 6.08 Å². The van der Waals surface area contributed by atoms with Crippen LogP contribution in [-0.2, 0) is 27.2 Å². The van der Waals surface area contributed by atoms with Crippen LogP contribution >= 0.6 is 0 Å². The minimum atomic E-state index is -0.850. The smallest absolute Gasteiger partial charge is 0.226 e. The van der Waals surface area contributed by atoms with Gasteiger partial charge < -0.3 is 27.1 Å². The maximum Gasteiger partial charge on any atom is 0.226 e. The standard InChI is InChI=1S/C14H17NO.C13H19N3O.C12H14F2N2O/c1-9(2)14(16)15-13-5-4-11-6-10(3)7-12(11)8-13;1-4-9-7-10(12(14)15)5-6-11(9)16-13(17)8(2)3;1-6(2)12(17)16-8-4-9(13)11(7(3)15)10(14)5-8/h4-5,7-9H,6H2,1-3H3,(H,15,16);5-8H,4H2,1-3H3,(H3,14,15)(H,16,17);4-6,15H,1-3H3,(H,16,17). The number of fused-ring (bicyclic) bond motifs is 1. The Morgan fingerprint density at radius 1 is 0.780 bits per heavy atom. The zero-order valence-electron chi connectivity index (χ0n) is 30.4. The maximum absolute atomic E-state index is 13.5. The van der Waals surface area contributed by atoms with Crippen LogP contribution in [-0.4, -0.2) is 29.3 Å². The zero-order valence-corrected chi connectivity index (χ0v) is 30.4. The Morgan fingerprint density at radius 3 is 1.78 bits per heavy atom. The van der Waals surface area contributed by atoms with Crippen molar-refractivity contribution >= 4 is 52.4 Å². The highest BCUT2D eigenvalue weighted by Crippen LogP contribution is 2.27. The molecule has 0 saturated carbocycles. The first kappa shape index (κ1) is 41.0. The van der Waals surface area contributed by atoms with Gasteiger partial charge in [-0.25, -0.2) is 8.78 Å². The van der Waals surface area contributed by atoms with Gasteiger partial charge in [0.2, 0.25) is 17.7 Å². The summed E-state index contributed by atoms with van der Waals surface area (Å²) in [5.41, 5.74) is 12.3. The molecule has 3 aromatic carbocycles. The van der Waals surface area contributed by atoms with Crippen LogP contribution in [0.4, 0.5) is 25.8 Å². The van der Waals surface area contributed by atoms with E-state index in [1.54, 1.807) is 26.0 Å². The van der Waals surface area contributed by atoms with Crippen molar-refractivity contribution in [3.05, 3.63) is 93.6 Å². The molecule has 0 bridgehead atoms. The molecule has 268 valence electrons. The van der Waals surface area contributed by atoms with E-state index in [4.69, 9.17) is 16.6 Å². The van der Waals surface area contributed by atoms with Crippen LogP contribution in [0.2, 0.25) is 0 Å². The number of halogens is 2. The van der Waals surface area contributed by atoms with Gasteiger partial charge in [-0.15, -0.1) is 0 Å². The number of hydrogen-bond donors (Lipinski definition) is 6. The lowest BCUT2D eigenvalue weighted by atomic mass is 10.0. The van der Waals surface area contributed by atoms with Crippen molar-refractivity contribution in [1.82, 2.24) is 0 Å². The van der Waals surface area contributed by atoms with Crippen molar-refractivity contribution in [3.8, 4) is 0 Å². The van der Waals surface area contributed by atoms with E-state index in [1.807, 2.05) is 52.8 Å². The van der Waals surface area contributed by atoms with Crippen molar-refractivity contribution in [2.75, 3.05) is 16.0 Å². The van der Waals surface area contributed by atoms with E-state index in [-0.39, 0.29) is 58.3 Å². The Hall–Kier alpha value is -5.19. The number of amides is 3. The predicted molar refractivity (Wildman–Crippen MR) is 200 cm³/mol. The molecule has 0 heterocycles. The van der Waals surface area contributed by atoms with Crippen LogP contribution in [0, 0.1) is 40.2 Å². The van der Waals surface area contributed by atoms with E-state index in [2.05, 4.69) is 35.0 Å². The number of carbonyl (C=O) groups excluding carboxylic acids is 3. The molecule has 0 saturated heterocycles. The fraction of sp³-hybridized carbons (Fsp3) is 0.359. The van der Waals surface area contributed by atoms with Gasteiger partial charge in [0, 0.05) is 46.1 Å². The Morgan fingerprint density at radius 2 is 1.30 bits per heavy atom. The second kappa shape index (κ2) is 18.5. The molecule has 0 aromatic heterocycles. The van der Waals surface area contributed by atoms with Crippen LogP contribution in [0.1, 0.15) is 90.1 Å². The molecular formula is C39H50F2N6O3. The third-order valence-corrected chi connectivity index (χ3v) is 7.60. The monoisotopic (exact) mass is 688 g/mol. The molecule has 9 nitrogen and oxygen atoms in total. The van der Waals surface area contributed by atoms with Crippen molar-refractivity contribution in [1.29, 1.82) is 10.8 Å². The predicted octanol–water partition coefficient (Wildman–Crippen LogP) is 8.32. The molecule has 0 fully saturated rings. The summed E-state index contributed by atoms with van der Waals surface area (Å²) < 4.78 is 27.0. The van der Waals surface area contributed by atoms with E-state index in [9.17, 15) is 23.2 Å². The molecule has 7 N–H and O–H groups in total. The van der Waals surface area contributed by atoms with Gasteiger partial charge in [-0.2, -0.15) is 0 Å². The van der Waals surface area contributed by atoms with Gasteiger partial charge >= 0.3 is 0 Å². The summed E-state index contributed by atoms with van der Waals surface area (Å²) >= 11 is 0. The van der Waals surface area contributed by atoms with Gasteiger partial charge in [0.15, 0.2) is 0 Å². The SMILES string of the molecule is CC(=N)c1c(F)cc(NC(=O)C(C)C)cc1F.CC1=Cc2cc(NC(=O)C(C)C)ccc2C1.CCc1cc(C(=N)N)ccc1NC(=O)C(C)C. The topological polar surface area (TPSA) is 161 Å². The number of aryl methyl sites for hydroxylation is 1. The quantitative estimate of drug-likeness (QED) is 0.0986. The van der Waals surface area contributed by atoms with E-state index in [1.165, 1.54) is 23.6 Å². The first-order valence-corrected chi connectivity index (χ1v) is 16.6. The Bertz CT molecular complexity index is 1760. The number of carbonyl (C=O) groups is 3. The fourth-order valence-corrected chi connectivity index (χ4v) is 4.61.